The Morgan fingerprint density at radius 3 is 2.21 bits per heavy atom. The van der Waals surface area contributed by atoms with E-state index in [1.165, 1.54) is 0 Å². The van der Waals surface area contributed by atoms with E-state index in [9.17, 15) is 30.1 Å². The number of hydrogen-bond donors (Lipinski definition) is 2. The highest BCUT2D eigenvalue weighted by atomic mass is 79.9. The lowest BCUT2D eigenvalue weighted by Gasteiger charge is -1.98. The Balaban J connectivity index is 2.03. The molecule has 1 amide bonds. The average Bonchev–Trinajstić information content (AvgIpc) is 2.95. The smallest absolute Gasteiger partial charge is 0.295 e. The van der Waals surface area contributed by atoms with E-state index in [0.29, 0.717) is 19.8 Å². The second-order valence-electron chi connectivity index (χ2n) is 5.39. The van der Waals surface area contributed by atoms with E-state index in [2.05, 4.69) is 47.1 Å². The van der Waals surface area contributed by atoms with Gasteiger partial charge in [0, 0.05) is 26.5 Å². The monoisotopic (exact) mass is 511 g/mol. The molecule has 0 aliphatic rings. The summed E-state index contributed by atoms with van der Waals surface area (Å²) in [5, 5.41) is 39.5. The molecule has 0 aliphatic carbocycles. The first-order chi connectivity index (χ1) is 13.2. The van der Waals surface area contributed by atoms with Crippen molar-refractivity contribution in [3.8, 4) is 5.88 Å². The molecule has 0 spiro atoms. The number of H-pyrrole nitrogens is 1. The number of fused-ring (bicyclic) bond motifs is 1. The predicted octanol–water partition coefficient (Wildman–Crippen LogP) is 5.14. The zero-order chi connectivity index (χ0) is 20.6. The standard InChI is InChI=1S/C15H7Br2N5O6/c16-7-3-10-12(11(17)4-7)18-15(24)13(10)19-20-14(23)6-1-8(21(25)26)5-9(2-6)22(27)28/h1-5,18,24H. The molecule has 0 unspecified atom stereocenters. The first kappa shape index (κ1) is 19.6. The topological polar surface area (TPSA) is 164 Å². The van der Waals surface area contributed by atoms with E-state index in [-0.39, 0.29) is 17.1 Å². The molecule has 0 fully saturated rings. The van der Waals surface area contributed by atoms with Gasteiger partial charge in [-0.25, -0.2) is 0 Å². The van der Waals surface area contributed by atoms with Crippen LogP contribution in [-0.2, 0) is 0 Å². The number of nitrogens with zero attached hydrogens (tertiary/aromatic N) is 4. The normalized spacial score (nSPS) is 11.2. The quantitative estimate of drug-likeness (QED) is 0.279. The average molecular weight is 513 g/mol. The minimum absolute atomic E-state index is 0.0368. The Bertz CT molecular complexity index is 1160. The Labute approximate surface area is 171 Å². The van der Waals surface area contributed by atoms with E-state index < -0.39 is 27.1 Å². The van der Waals surface area contributed by atoms with Gasteiger partial charge in [0.05, 0.1) is 27.0 Å². The zero-order valence-corrected chi connectivity index (χ0v) is 16.6. The minimum Gasteiger partial charge on any atom is -0.493 e. The number of non-ortho nitro benzene ring substituents is 2. The molecule has 2 N–H and O–H groups in total. The fourth-order valence-electron chi connectivity index (χ4n) is 2.38. The number of aromatic hydroxyl groups is 1. The van der Waals surface area contributed by atoms with Gasteiger partial charge >= 0.3 is 0 Å². The summed E-state index contributed by atoms with van der Waals surface area (Å²) in [7, 11) is 0. The van der Waals surface area contributed by atoms with Crippen LogP contribution < -0.4 is 0 Å². The molecule has 3 aromatic rings. The van der Waals surface area contributed by atoms with Crippen molar-refractivity contribution in [3.05, 3.63) is 65.1 Å². The second kappa shape index (κ2) is 7.44. The number of benzene rings is 2. The first-order valence-electron chi connectivity index (χ1n) is 7.27. The summed E-state index contributed by atoms with van der Waals surface area (Å²) in [6, 6.07) is 5.81. The molecule has 0 saturated heterocycles. The van der Waals surface area contributed by atoms with Crippen molar-refractivity contribution in [2.24, 2.45) is 10.2 Å². The van der Waals surface area contributed by atoms with Crippen molar-refractivity contribution in [1.82, 2.24) is 4.98 Å². The number of carbonyl (C=O) groups is 1. The maximum Gasteiger partial charge on any atom is 0.295 e. The molecule has 0 saturated carbocycles. The van der Waals surface area contributed by atoms with Gasteiger partial charge in [0.2, 0.25) is 5.88 Å². The van der Waals surface area contributed by atoms with Crippen molar-refractivity contribution in [2.45, 2.75) is 0 Å². The zero-order valence-electron chi connectivity index (χ0n) is 13.4. The van der Waals surface area contributed by atoms with Crippen LogP contribution in [0.3, 0.4) is 0 Å². The number of nitro benzene ring substituents is 2. The summed E-state index contributed by atoms with van der Waals surface area (Å²) >= 11 is 6.61. The van der Waals surface area contributed by atoms with Gasteiger partial charge < -0.3 is 10.1 Å². The van der Waals surface area contributed by atoms with Gasteiger partial charge in [-0.2, -0.15) is 0 Å². The number of rotatable bonds is 4. The number of carbonyl (C=O) groups excluding carboxylic acids is 1. The minimum atomic E-state index is -1.05. The molecule has 1 aromatic heterocycles. The summed E-state index contributed by atoms with van der Waals surface area (Å²) in [5.41, 5.74) is -1.17. The maximum atomic E-state index is 12.3. The number of amides is 1. The highest BCUT2D eigenvalue weighted by Gasteiger charge is 2.20. The highest BCUT2D eigenvalue weighted by molar-refractivity contribution is 9.11. The molecule has 0 atom stereocenters. The molecule has 3 rings (SSSR count). The van der Waals surface area contributed by atoms with Crippen molar-refractivity contribution in [3.63, 3.8) is 0 Å². The molecule has 2 aromatic carbocycles. The van der Waals surface area contributed by atoms with Crippen LogP contribution in [0.1, 0.15) is 10.4 Å². The van der Waals surface area contributed by atoms with E-state index in [0.717, 1.165) is 18.2 Å². The third-order valence-electron chi connectivity index (χ3n) is 3.59. The number of hydrogen-bond acceptors (Lipinski definition) is 7. The van der Waals surface area contributed by atoms with Crippen LogP contribution in [0.15, 0.2) is 49.5 Å². The molecule has 1 heterocycles. The van der Waals surface area contributed by atoms with Crippen LogP contribution in [0.5, 0.6) is 5.88 Å². The number of aromatic amines is 1. The largest absolute Gasteiger partial charge is 0.493 e. The molecule has 0 aliphatic heterocycles. The van der Waals surface area contributed by atoms with Gasteiger partial charge in [0.1, 0.15) is 0 Å². The van der Waals surface area contributed by atoms with Crippen LogP contribution in [0.25, 0.3) is 10.9 Å². The number of azo groups is 1. The molecular formula is C15H7Br2N5O6. The van der Waals surface area contributed by atoms with E-state index in [4.69, 9.17) is 0 Å². The van der Waals surface area contributed by atoms with Crippen molar-refractivity contribution in [2.75, 3.05) is 0 Å². The first-order valence-corrected chi connectivity index (χ1v) is 8.85. The van der Waals surface area contributed by atoms with Crippen LogP contribution in [-0.4, -0.2) is 25.8 Å². The number of halogens is 2. The van der Waals surface area contributed by atoms with Crippen LogP contribution in [0.4, 0.5) is 17.1 Å². The predicted molar refractivity (Wildman–Crippen MR) is 104 cm³/mol. The van der Waals surface area contributed by atoms with Gasteiger partial charge in [-0.1, -0.05) is 15.9 Å². The Morgan fingerprint density at radius 1 is 1.04 bits per heavy atom. The molecule has 142 valence electrons. The number of aromatic nitrogens is 1. The Hall–Kier alpha value is -3.19. The lowest BCUT2D eigenvalue weighted by Crippen LogP contribution is -1.99. The van der Waals surface area contributed by atoms with Gasteiger partial charge in [-0.15, -0.1) is 10.2 Å². The summed E-state index contributed by atoms with van der Waals surface area (Å²) in [6.07, 6.45) is 0. The molecule has 0 radical (unpaired) electrons. The maximum absolute atomic E-state index is 12.3. The SMILES string of the molecule is O=C(N=Nc1c(O)[nH]c2c(Br)cc(Br)cc12)c1cc([N+](=O)[O-])cc([N+](=O)[O-])c1. The lowest BCUT2D eigenvalue weighted by atomic mass is 10.1. The lowest BCUT2D eigenvalue weighted by molar-refractivity contribution is -0.394. The Kier molecular flexibility index (Phi) is 5.20. The summed E-state index contributed by atoms with van der Waals surface area (Å²) in [4.78, 5) is 35.1. The summed E-state index contributed by atoms with van der Waals surface area (Å²) in [6.45, 7) is 0. The molecule has 0 bridgehead atoms. The second-order valence-corrected chi connectivity index (χ2v) is 7.16. The fraction of sp³-hybridized carbons (Fsp3) is 0. The van der Waals surface area contributed by atoms with E-state index in [1.807, 2.05) is 0 Å². The van der Waals surface area contributed by atoms with E-state index >= 15 is 0 Å². The molecule has 28 heavy (non-hydrogen) atoms. The van der Waals surface area contributed by atoms with Crippen molar-refractivity contribution in [1.29, 1.82) is 0 Å². The van der Waals surface area contributed by atoms with Crippen molar-refractivity contribution >= 4 is 65.7 Å². The Morgan fingerprint density at radius 2 is 1.64 bits per heavy atom. The van der Waals surface area contributed by atoms with Crippen molar-refractivity contribution < 1.29 is 19.7 Å². The third-order valence-corrected chi connectivity index (χ3v) is 4.67. The molecule has 11 nitrogen and oxygen atoms in total. The summed E-state index contributed by atoms with van der Waals surface area (Å²) < 4.78 is 1.29. The van der Waals surface area contributed by atoms with Crippen LogP contribution in [0, 0.1) is 20.2 Å². The highest BCUT2D eigenvalue weighted by Crippen LogP contribution is 2.40. The van der Waals surface area contributed by atoms with Gasteiger partial charge in [-0.05, 0) is 28.1 Å². The number of nitro groups is 2. The molecular weight excluding hydrogens is 506 g/mol. The van der Waals surface area contributed by atoms with Crippen LogP contribution >= 0.6 is 31.9 Å². The van der Waals surface area contributed by atoms with Crippen LogP contribution in [0.2, 0.25) is 0 Å². The van der Waals surface area contributed by atoms with Gasteiger partial charge in [0.25, 0.3) is 17.3 Å². The number of nitrogens with one attached hydrogen (secondary N) is 1. The van der Waals surface area contributed by atoms with E-state index in [1.54, 1.807) is 12.1 Å². The molecule has 13 heteroatoms. The van der Waals surface area contributed by atoms with Gasteiger partial charge in [0.15, 0.2) is 5.69 Å². The third kappa shape index (κ3) is 3.75. The van der Waals surface area contributed by atoms with Gasteiger partial charge in [-0.3, -0.25) is 25.0 Å². The fourth-order valence-corrected chi connectivity index (χ4v) is 3.70. The summed E-state index contributed by atoms with van der Waals surface area (Å²) in [5.74, 6) is -1.40.